The van der Waals surface area contributed by atoms with Gasteiger partial charge in [0.05, 0.1) is 13.1 Å². The number of fused-ring (bicyclic) bond motifs is 1. The standard InChI is InChI=1S/C13H16N4O2/c1-16-4-5-17(8-13(16)18)7-12-15-10-6-9(14)2-3-11(10)19-12/h2-3,6H,4-5,7-8,14H2,1H3. The predicted octanol–water partition coefficient (Wildman–Crippen LogP) is 0.684. The molecule has 1 amide bonds. The van der Waals surface area contributed by atoms with Crippen molar-refractivity contribution in [1.82, 2.24) is 14.8 Å². The molecule has 1 fully saturated rings. The van der Waals surface area contributed by atoms with E-state index in [2.05, 4.69) is 4.98 Å². The smallest absolute Gasteiger partial charge is 0.236 e. The highest BCUT2D eigenvalue weighted by Crippen LogP contribution is 2.19. The van der Waals surface area contributed by atoms with Crippen molar-refractivity contribution < 1.29 is 9.21 Å². The maximum Gasteiger partial charge on any atom is 0.236 e. The lowest BCUT2D eigenvalue weighted by Gasteiger charge is -2.30. The van der Waals surface area contributed by atoms with Gasteiger partial charge in [0, 0.05) is 25.8 Å². The highest BCUT2D eigenvalue weighted by atomic mass is 16.3. The van der Waals surface area contributed by atoms with E-state index in [1.807, 2.05) is 18.0 Å². The summed E-state index contributed by atoms with van der Waals surface area (Å²) in [4.78, 5) is 19.8. The number of anilines is 1. The molecule has 0 unspecified atom stereocenters. The molecule has 1 aromatic carbocycles. The molecule has 19 heavy (non-hydrogen) atoms. The molecule has 1 aliphatic heterocycles. The number of hydrogen-bond donors (Lipinski definition) is 1. The number of rotatable bonds is 2. The Bertz CT molecular complexity index is 622. The minimum atomic E-state index is 0.131. The van der Waals surface area contributed by atoms with Crippen LogP contribution in [0.15, 0.2) is 22.6 Å². The fraction of sp³-hybridized carbons (Fsp3) is 0.385. The number of likely N-dealkylation sites (N-methyl/N-ethyl adjacent to an activating group) is 1. The summed E-state index contributed by atoms with van der Waals surface area (Å²) in [6.45, 7) is 2.54. The lowest BCUT2D eigenvalue weighted by Crippen LogP contribution is -2.48. The number of piperazine rings is 1. The second-order valence-corrected chi connectivity index (χ2v) is 4.86. The number of amides is 1. The lowest BCUT2D eigenvalue weighted by molar-refractivity contribution is -0.134. The Balaban J connectivity index is 1.76. The van der Waals surface area contributed by atoms with Gasteiger partial charge in [0.15, 0.2) is 5.58 Å². The fourth-order valence-corrected chi connectivity index (χ4v) is 2.19. The SMILES string of the molecule is CN1CCN(Cc2nc3cc(N)ccc3o2)CC1=O. The number of oxazole rings is 1. The summed E-state index contributed by atoms with van der Waals surface area (Å²) in [7, 11) is 1.82. The third-order valence-corrected chi connectivity index (χ3v) is 3.35. The van der Waals surface area contributed by atoms with E-state index in [4.69, 9.17) is 10.2 Å². The second-order valence-electron chi connectivity index (χ2n) is 4.86. The van der Waals surface area contributed by atoms with E-state index in [1.54, 1.807) is 17.0 Å². The molecule has 0 saturated carbocycles. The molecule has 2 heterocycles. The van der Waals surface area contributed by atoms with E-state index < -0.39 is 0 Å². The van der Waals surface area contributed by atoms with E-state index in [0.29, 0.717) is 24.7 Å². The molecular formula is C13H16N4O2. The van der Waals surface area contributed by atoms with Gasteiger partial charge in [0.25, 0.3) is 0 Å². The number of carbonyl (C=O) groups excluding carboxylic acids is 1. The number of aromatic nitrogens is 1. The number of nitrogens with two attached hydrogens (primary N) is 1. The molecule has 3 rings (SSSR count). The number of hydrogen-bond acceptors (Lipinski definition) is 5. The highest BCUT2D eigenvalue weighted by Gasteiger charge is 2.22. The van der Waals surface area contributed by atoms with Gasteiger partial charge in [-0.05, 0) is 18.2 Å². The normalized spacial score (nSPS) is 17.3. The molecule has 0 aliphatic carbocycles. The summed E-state index contributed by atoms with van der Waals surface area (Å²) in [5, 5.41) is 0. The van der Waals surface area contributed by atoms with E-state index in [0.717, 1.165) is 24.2 Å². The first-order valence-electron chi connectivity index (χ1n) is 6.23. The molecule has 0 atom stereocenters. The van der Waals surface area contributed by atoms with E-state index in [1.165, 1.54) is 0 Å². The number of nitrogens with zero attached hydrogens (tertiary/aromatic N) is 3. The van der Waals surface area contributed by atoms with Crippen molar-refractivity contribution in [1.29, 1.82) is 0 Å². The van der Waals surface area contributed by atoms with Crippen LogP contribution in [0.1, 0.15) is 5.89 Å². The number of benzene rings is 1. The summed E-state index contributed by atoms with van der Waals surface area (Å²) in [6, 6.07) is 5.39. The molecule has 1 aromatic heterocycles. The summed E-state index contributed by atoms with van der Waals surface area (Å²) >= 11 is 0. The monoisotopic (exact) mass is 260 g/mol. The van der Waals surface area contributed by atoms with Gasteiger partial charge in [-0.25, -0.2) is 4.98 Å². The quantitative estimate of drug-likeness (QED) is 0.804. The van der Waals surface area contributed by atoms with Gasteiger partial charge in [-0.3, -0.25) is 9.69 Å². The molecule has 100 valence electrons. The predicted molar refractivity (Wildman–Crippen MR) is 71.3 cm³/mol. The Morgan fingerprint density at radius 3 is 3.05 bits per heavy atom. The van der Waals surface area contributed by atoms with Crippen LogP contribution in [0.25, 0.3) is 11.1 Å². The second kappa shape index (κ2) is 4.55. The maximum atomic E-state index is 11.6. The van der Waals surface area contributed by atoms with Crippen LogP contribution in [0.2, 0.25) is 0 Å². The Morgan fingerprint density at radius 2 is 2.26 bits per heavy atom. The third-order valence-electron chi connectivity index (χ3n) is 3.35. The zero-order chi connectivity index (χ0) is 13.4. The fourth-order valence-electron chi connectivity index (χ4n) is 2.19. The van der Waals surface area contributed by atoms with E-state index in [9.17, 15) is 4.79 Å². The van der Waals surface area contributed by atoms with Gasteiger partial charge in [-0.2, -0.15) is 0 Å². The lowest BCUT2D eigenvalue weighted by atomic mass is 10.3. The van der Waals surface area contributed by atoms with Gasteiger partial charge in [0.1, 0.15) is 5.52 Å². The van der Waals surface area contributed by atoms with Crippen molar-refractivity contribution in [2.75, 3.05) is 32.4 Å². The van der Waals surface area contributed by atoms with Crippen LogP contribution in [0, 0.1) is 0 Å². The van der Waals surface area contributed by atoms with Gasteiger partial charge in [-0.1, -0.05) is 0 Å². The molecule has 0 bridgehead atoms. The highest BCUT2D eigenvalue weighted by molar-refractivity contribution is 5.79. The number of carbonyl (C=O) groups is 1. The van der Waals surface area contributed by atoms with Crippen LogP contribution in [0.3, 0.4) is 0 Å². The van der Waals surface area contributed by atoms with Crippen LogP contribution in [0.4, 0.5) is 5.69 Å². The topological polar surface area (TPSA) is 75.6 Å². The Labute approximate surface area is 110 Å². The molecule has 0 spiro atoms. The van der Waals surface area contributed by atoms with Crippen molar-refractivity contribution in [3.8, 4) is 0 Å². The summed E-state index contributed by atoms with van der Waals surface area (Å²) in [6.07, 6.45) is 0. The average molecular weight is 260 g/mol. The van der Waals surface area contributed by atoms with Crippen LogP contribution in [-0.4, -0.2) is 47.4 Å². The first-order chi connectivity index (χ1) is 9.11. The molecule has 2 N–H and O–H groups in total. The third kappa shape index (κ3) is 2.39. The maximum absolute atomic E-state index is 11.6. The van der Waals surface area contributed by atoms with Crippen molar-refractivity contribution in [3.63, 3.8) is 0 Å². The minimum Gasteiger partial charge on any atom is -0.439 e. The number of nitrogen functional groups attached to an aromatic ring is 1. The Morgan fingerprint density at radius 1 is 1.42 bits per heavy atom. The minimum absolute atomic E-state index is 0.131. The van der Waals surface area contributed by atoms with Crippen molar-refractivity contribution in [2.24, 2.45) is 0 Å². The van der Waals surface area contributed by atoms with Crippen LogP contribution < -0.4 is 5.73 Å². The molecule has 6 nitrogen and oxygen atoms in total. The molecule has 6 heteroatoms. The van der Waals surface area contributed by atoms with Crippen LogP contribution in [0.5, 0.6) is 0 Å². The van der Waals surface area contributed by atoms with E-state index in [-0.39, 0.29) is 5.91 Å². The summed E-state index contributed by atoms with van der Waals surface area (Å²) < 4.78 is 5.65. The Kier molecular flexibility index (Phi) is 2.87. The van der Waals surface area contributed by atoms with Gasteiger partial charge in [-0.15, -0.1) is 0 Å². The van der Waals surface area contributed by atoms with E-state index >= 15 is 0 Å². The largest absolute Gasteiger partial charge is 0.439 e. The first-order valence-corrected chi connectivity index (χ1v) is 6.23. The van der Waals surface area contributed by atoms with Crippen LogP contribution >= 0.6 is 0 Å². The molecule has 2 aromatic rings. The molecular weight excluding hydrogens is 244 g/mol. The summed E-state index contributed by atoms with van der Waals surface area (Å²) in [5.41, 5.74) is 7.86. The van der Waals surface area contributed by atoms with Gasteiger partial charge < -0.3 is 15.1 Å². The van der Waals surface area contributed by atoms with Gasteiger partial charge in [0.2, 0.25) is 11.8 Å². The molecule has 1 aliphatic rings. The zero-order valence-electron chi connectivity index (χ0n) is 10.8. The Hall–Kier alpha value is -2.08. The van der Waals surface area contributed by atoms with Gasteiger partial charge >= 0.3 is 0 Å². The van der Waals surface area contributed by atoms with Crippen molar-refractivity contribution in [3.05, 3.63) is 24.1 Å². The van der Waals surface area contributed by atoms with Crippen molar-refractivity contribution >= 4 is 22.7 Å². The van der Waals surface area contributed by atoms with Crippen LogP contribution in [-0.2, 0) is 11.3 Å². The first kappa shape index (κ1) is 12.0. The van der Waals surface area contributed by atoms with Crippen molar-refractivity contribution in [2.45, 2.75) is 6.54 Å². The molecule has 1 saturated heterocycles. The average Bonchev–Trinajstić information content (AvgIpc) is 2.75. The summed E-state index contributed by atoms with van der Waals surface area (Å²) in [5.74, 6) is 0.754. The zero-order valence-corrected chi connectivity index (χ0v) is 10.8. The molecule has 0 radical (unpaired) electrons.